The normalized spacial score (nSPS) is 12.0. The van der Waals surface area contributed by atoms with Gasteiger partial charge in [0.05, 0.1) is 24.8 Å². The quantitative estimate of drug-likeness (QED) is 0.353. The van der Waals surface area contributed by atoms with E-state index in [1.807, 2.05) is 45.0 Å². The molecule has 10 heteroatoms. The maximum atomic E-state index is 14.0. The van der Waals surface area contributed by atoms with Crippen LogP contribution >= 0.6 is 0 Å². The fourth-order valence-electron chi connectivity index (χ4n) is 4.22. The zero-order valence-corrected chi connectivity index (χ0v) is 24.6. The van der Waals surface area contributed by atoms with Gasteiger partial charge in [-0.1, -0.05) is 48.0 Å². The van der Waals surface area contributed by atoms with Gasteiger partial charge >= 0.3 is 0 Å². The number of benzene rings is 3. The molecule has 1 N–H and O–H groups in total. The number of hydrogen-bond acceptors (Lipinski definition) is 6. The minimum absolute atomic E-state index is 0.00325. The molecular weight excluding hydrogens is 530 g/mol. The first-order valence-corrected chi connectivity index (χ1v) is 14.4. The van der Waals surface area contributed by atoms with E-state index in [-0.39, 0.29) is 34.8 Å². The van der Waals surface area contributed by atoms with Crippen molar-refractivity contribution in [3.8, 4) is 11.5 Å². The largest absolute Gasteiger partial charge is 0.497 e. The van der Waals surface area contributed by atoms with Gasteiger partial charge in [0.2, 0.25) is 11.8 Å². The topological polar surface area (TPSA) is 105 Å². The second-order valence-corrected chi connectivity index (χ2v) is 11.6. The van der Waals surface area contributed by atoms with Crippen LogP contribution in [0.3, 0.4) is 0 Å². The average Bonchev–Trinajstić information content (AvgIpc) is 2.93. The van der Waals surface area contributed by atoms with Gasteiger partial charge in [0.25, 0.3) is 10.0 Å². The van der Waals surface area contributed by atoms with Crippen LogP contribution in [0.2, 0.25) is 0 Å². The summed E-state index contributed by atoms with van der Waals surface area (Å²) in [7, 11) is -1.35. The van der Waals surface area contributed by atoms with Crippen molar-refractivity contribution in [3.05, 3.63) is 83.9 Å². The summed E-state index contributed by atoms with van der Waals surface area (Å²) in [6.07, 6.45) is 0. The SMILES string of the molecule is COc1ccc(OC)c(N(CC(=O)N(Cc2cccc(C)c2)[C@H](C)C(=O)NC(C)C)S(=O)(=O)c2ccccc2)c1. The Hall–Kier alpha value is -4.05. The number of aryl methyl sites for hydroxylation is 1. The lowest BCUT2D eigenvalue weighted by molar-refractivity contribution is -0.139. The third kappa shape index (κ3) is 7.32. The molecule has 2 amide bonds. The summed E-state index contributed by atoms with van der Waals surface area (Å²) >= 11 is 0. The Labute approximate surface area is 236 Å². The van der Waals surface area contributed by atoms with E-state index in [9.17, 15) is 18.0 Å². The highest BCUT2D eigenvalue weighted by molar-refractivity contribution is 7.92. The molecule has 0 bridgehead atoms. The molecule has 0 saturated heterocycles. The van der Waals surface area contributed by atoms with Gasteiger partial charge in [0.1, 0.15) is 24.1 Å². The van der Waals surface area contributed by atoms with E-state index in [1.165, 1.54) is 37.3 Å². The molecule has 214 valence electrons. The van der Waals surface area contributed by atoms with Gasteiger partial charge in [-0.25, -0.2) is 8.42 Å². The molecule has 0 unspecified atom stereocenters. The molecule has 0 aliphatic heterocycles. The summed E-state index contributed by atoms with van der Waals surface area (Å²) in [4.78, 5) is 28.5. The monoisotopic (exact) mass is 567 g/mol. The van der Waals surface area contributed by atoms with Gasteiger partial charge in [-0.15, -0.1) is 0 Å². The lowest BCUT2D eigenvalue weighted by atomic mass is 10.1. The number of nitrogens with zero attached hydrogens (tertiary/aromatic N) is 2. The van der Waals surface area contributed by atoms with E-state index in [2.05, 4.69) is 5.32 Å². The molecule has 0 radical (unpaired) electrons. The lowest BCUT2D eigenvalue weighted by Gasteiger charge is -2.32. The first-order valence-electron chi connectivity index (χ1n) is 12.9. The molecule has 3 aromatic carbocycles. The predicted molar refractivity (Wildman–Crippen MR) is 155 cm³/mol. The number of sulfonamides is 1. The number of methoxy groups -OCH3 is 2. The van der Waals surface area contributed by atoms with Crippen molar-refractivity contribution in [2.24, 2.45) is 0 Å². The van der Waals surface area contributed by atoms with Crippen molar-refractivity contribution in [2.45, 2.75) is 51.2 Å². The summed E-state index contributed by atoms with van der Waals surface area (Å²) < 4.78 is 39.8. The highest BCUT2D eigenvalue weighted by atomic mass is 32.2. The molecule has 0 fully saturated rings. The van der Waals surface area contributed by atoms with Crippen LogP contribution < -0.4 is 19.1 Å². The zero-order chi connectivity index (χ0) is 29.4. The maximum absolute atomic E-state index is 14.0. The third-order valence-corrected chi connectivity index (χ3v) is 8.07. The maximum Gasteiger partial charge on any atom is 0.264 e. The fraction of sp³-hybridized carbons (Fsp3) is 0.333. The Morgan fingerprint density at radius 1 is 0.900 bits per heavy atom. The summed E-state index contributed by atoms with van der Waals surface area (Å²) in [5.74, 6) is -0.272. The van der Waals surface area contributed by atoms with Crippen molar-refractivity contribution in [1.29, 1.82) is 0 Å². The minimum Gasteiger partial charge on any atom is -0.497 e. The van der Waals surface area contributed by atoms with Gasteiger partial charge in [0.15, 0.2) is 0 Å². The van der Waals surface area contributed by atoms with Crippen LogP contribution in [0.25, 0.3) is 0 Å². The van der Waals surface area contributed by atoms with E-state index >= 15 is 0 Å². The molecule has 1 atom stereocenters. The molecule has 0 spiro atoms. The van der Waals surface area contributed by atoms with Crippen molar-refractivity contribution < 1.29 is 27.5 Å². The number of rotatable bonds is 12. The molecule has 3 rings (SSSR count). The zero-order valence-electron chi connectivity index (χ0n) is 23.7. The van der Waals surface area contributed by atoms with E-state index in [4.69, 9.17) is 9.47 Å². The second-order valence-electron chi connectivity index (χ2n) is 9.71. The van der Waals surface area contributed by atoms with Crippen LogP contribution in [0.15, 0.2) is 77.7 Å². The number of hydrogen-bond donors (Lipinski definition) is 1. The van der Waals surface area contributed by atoms with Crippen LogP contribution in [0.1, 0.15) is 31.9 Å². The molecule has 9 nitrogen and oxygen atoms in total. The number of carbonyl (C=O) groups is 2. The highest BCUT2D eigenvalue weighted by Crippen LogP contribution is 2.36. The van der Waals surface area contributed by atoms with Gasteiger partial charge in [-0.05, 0) is 57.5 Å². The van der Waals surface area contributed by atoms with Crippen molar-refractivity contribution in [1.82, 2.24) is 10.2 Å². The Balaban J connectivity index is 2.11. The van der Waals surface area contributed by atoms with E-state index in [1.54, 1.807) is 37.3 Å². The Bertz CT molecular complexity index is 1430. The molecule has 0 aromatic heterocycles. The number of amides is 2. The Morgan fingerprint density at radius 2 is 1.60 bits per heavy atom. The van der Waals surface area contributed by atoms with Crippen molar-refractivity contribution in [3.63, 3.8) is 0 Å². The Kier molecular flexibility index (Phi) is 10.2. The average molecular weight is 568 g/mol. The van der Waals surface area contributed by atoms with E-state index in [0.717, 1.165) is 15.4 Å². The van der Waals surface area contributed by atoms with Gasteiger partial charge in [0, 0.05) is 18.7 Å². The first kappa shape index (κ1) is 30.5. The smallest absolute Gasteiger partial charge is 0.264 e. The second kappa shape index (κ2) is 13.3. The van der Waals surface area contributed by atoms with Crippen LogP contribution in [0.4, 0.5) is 5.69 Å². The fourth-order valence-corrected chi connectivity index (χ4v) is 5.66. The summed E-state index contributed by atoms with van der Waals surface area (Å²) in [6.45, 7) is 6.77. The minimum atomic E-state index is -4.24. The molecule has 0 aliphatic rings. The van der Waals surface area contributed by atoms with Gasteiger partial charge in [-0.2, -0.15) is 0 Å². The Morgan fingerprint density at radius 3 is 2.20 bits per heavy atom. The molecule has 40 heavy (non-hydrogen) atoms. The van der Waals surface area contributed by atoms with Crippen LogP contribution in [-0.4, -0.2) is 58.0 Å². The number of anilines is 1. The molecular formula is C30H37N3O6S. The van der Waals surface area contributed by atoms with E-state index in [0.29, 0.717) is 5.75 Å². The first-order chi connectivity index (χ1) is 19.0. The summed E-state index contributed by atoms with van der Waals surface area (Å²) in [5.41, 5.74) is 1.95. The van der Waals surface area contributed by atoms with Gasteiger partial charge in [-0.3, -0.25) is 13.9 Å². The molecule has 3 aromatic rings. The molecule has 0 aliphatic carbocycles. The van der Waals surface area contributed by atoms with Gasteiger partial charge < -0.3 is 19.7 Å². The lowest BCUT2D eigenvalue weighted by Crippen LogP contribution is -2.52. The van der Waals surface area contributed by atoms with Crippen molar-refractivity contribution in [2.75, 3.05) is 25.1 Å². The third-order valence-electron chi connectivity index (χ3n) is 6.30. The van der Waals surface area contributed by atoms with Crippen LogP contribution in [-0.2, 0) is 26.2 Å². The number of ether oxygens (including phenoxy) is 2. The highest BCUT2D eigenvalue weighted by Gasteiger charge is 2.34. The summed E-state index contributed by atoms with van der Waals surface area (Å²) in [5, 5.41) is 2.85. The van der Waals surface area contributed by atoms with Crippen molar-refractivity contribution >= 4 is 27.5 Å². The molecule has 0 heterocycles. The number of nitrogens with one attached hydrogen (secondary N) is 1. The number of carbonyl (C=O) groups excluding carboxylic acids is 2. The standard InChI is InChI=1S/C30H37N3O6S/c1-21(2)31-30(35)23(4)32(19-24-12-10-11-22(3)17-24)29(34)20-33(40(36,37)26-13-8-7-9-14-26)27-18-25(38-5)15-16-28(27)39-6/h7-18,21,23H,19-20H2,1-6H3,(H,31,35)/t23-/m1/s1. The predicted octanol–water partition coefficient (Wildman–Crippen LogP) is 4.15. The molecule has 0 saturated carbocycles. The van der Waals surface area contributed by atoms with Crippen LogP contribution in [0, 0.1) is 6.92 Å². The summed E-state index contributed by atoms with van der Waals surface area (Å²) in [6, 6.07) is 19.2. The van der Waals surface area contributed by atoms with E-state index < -0.39 is 28.5 Å². The van der Waals surface area contributed by atoms with Crippen LogP contribution in [0.5, 0.6) is 11.5 Å².